The molecule has 0 bridgehead atoms. The largest absolute Gasteiger partial charge is 0.390 e. The Morgan fingerprint density at radius 3 is 1.11 bits per heavy atom. The Morgan fingerprint density at radius 2 is 0.761 bits per heavy atom. The fourth-order valence-corrected chi connectivity index (χ4v) is 6.78. The molecule has 0 saturated heterocycles. The second-order valence-electron chi connectivity index (χ2n) is 15.4. The van der Waals surface area contributed by atoms with Gasteiger partial charge in [0, 0.05) is 6.42 Å². The lowest BCUT2D eigenvalue weighted by atomic mass is 9.99. The van der Waals surface area contributed by atoms with Crippen LogP contribution in [0.4, 0.5) is 0 Å². The fourth-order valence-electron chi connectivity index (χ4n) is 6.78. The third kappa shape index (κ3) is 33.3. The normalized spacial score (nSPS) is 13.7. The van der Waals surface area contributed by atoms with E-state index in [1.165, 1.54) is 173 Å². The molecule has 0 fully saturated rings. The molecule has 0 aliphatic carbocycles. The van der Waals surface area contributed by atoms with Crippen LogP contribution in [0.15, 0.2) is 0 Å². The highest BCUT2D eigenvalue weighted by Crippen LogP contribution is 2.17. The molecule has 0 spiro atoms. The Labute approximate surface area is 289 Å². The molecule has 0 saturated carbocycles. The van der Waals surface area contributed by atoms with Crippen molar-refractivity contribution in [2.24, 2.45) is 5.92 Å². The Bertz CT molecular complexity index is 610. The van der Waals surface area contributed by atoms with Crippen LogP contribution in [0.25, 0.3) is 0 Å². The predicted octanol–water partition coefficient (Wildman–Crippen LogP) is 12.8. The van der Waals surface area contributed by atoms with E-state index in [0.29, 0.717) is 12.8 Å². The lowest BCUT2D eigenvalue weighted by molar-refractivity contribution is -0.123. The molecule has 1 amide bonds. The van der Waals surface area contributed by atoms with Gasteiger partial charge in [-0.2, -0.15) is 0 Å². The molecule has 4 heteroatoms. The highest BCUT2D eigenvalue weighted by Gasteiger charge is 2.23. The summed E-state index contributed by atoms with van der Waals surface area (Å²) < 4.78 is 0. The molecule has 4 nitrogen and oxygen atoms in total. The zero-order valence-electron chi connectivity index (χ0n) is 31.9. The first-order chi connectivity index (χ1) is 22.4. The van der Waals surface area contributed by atoms with E-state index >= 15 is 0 Å². The van der Waals surface area contributed by atoms with E-state index in [-0.39, 0.29) is 5.91 Å². The minimum Gasteiger partial charge on any atom is -0.390 e. The molecule has 0 aromatic rings. The maximum absolute atomic E-state index is 12.4. The zero-order chi connectivity index (χ0) is 33.9. The van der Waals surface area contributed by atoms with Crippen molar-refractivity contribution in [2.45, 2.75) is 258 Å². The first kappa shape index (κ1) is 45.4. The molecular weight excluding hydrogens is 566 g/mol. The summed E-state index contributed by atoms with van der Waals surface area (Å²) >= 11 is 0. The van der Waals surface area contributed by atoms with Gasteiger partial charge in [0.25, 0.3) is 0 Å². The van der Waals surface area contributed by atoms with Crippen molar-refractivity contribution in [3.8, 4) is 0 Å². The molecular formula is C42H85NO3. The van der Waals surface area contributed by atoms with Crippen LogP contribution in [0, 0.1) is 5.92 Å². The third-order valence-electron chi connectivity index (χ3n) is 10.1. The van der Waals surface area contributed by atoms with E-state index in [0.717, 1.165) is 31.6 Å². The maximum Gasteiger partial charge on any atom is 0.220 e. The van der Waals surface area contributed by atoms with Crippen LogP contribution in [0.5, 0.6) is 0 Å². The van der Waals surface area contributed by atoms with Crippen molar-refractivity contribution >= 4 is 5.91 Å². The molecule has 3 atom stereocenters. The van der Waals surface area contributed by atoms with Crippen LogP contribution in [-0.4, -0.2) is 34.4 Å². The van der Waals surface area contributed by atoms with E-state index in [2.05, 4.69) is 26.1 Å². The molecule has 0 aromatic heterocycles. The van der Waals surface area contributed by atoms with Crippen LogP contribution < -0.4 is 5.32 Å². The van der Waals surface area contributed by atoms with Gasteiger partial charge in [0.2, 0.25) is 5.91 Å². The minimum atomic E-state index is -0.894. The SMILES string of the molecule is CCCCCCCCCCCCCCCCCCCCCCCC(=O)NC(C)C(O)C(O)CCCCCCCCCCCC(C)C. The van der Waals surface area contributed by atoms with Crippen molar-refractivity contribution in [3.63, 3.8) is 0 Å². The molecule has 0 aromatic carbocycles. The van der Waals surface area contributed by atoms with Crippen molar-refractivity contribution in [1.29, 1.82) is 0 Å². The summed E-state index contributed by atoms with van der Waals surface area (Å²) in [6, 6.07) is -0.409. The third-order valence-corrected chi connectivity index (χ3v) is 10.1. The maximum atomic E-state index is 12.4. The zero-order valence-corrected chi connectivity index (χ0v) is 31.9. The molecule has 0 aliphatic rings. The first-order valence-electron chi connectivity index (χ1n) is 21.0. The Morgan fingerprint density at radius 1 is 0.457 bits per heavy atom. The van der Waals surface area contributed by atoms with Gasteiger partial charge in [0.1, 0.15) is 0 Å². The van der Waals surface area contributed by atoms with Crippen LogP contribution >= 0.6 is 0 Å². The van der Waals surface area contributed by atoms with Gasteiger partial charge in [-0.05, 0) is 25.7 Å². The molecule has 0 aliphatic heterocycles. The quantitative estimate of drug-likeness (QED) is 0.0585. The number of carbonyl (C=O) groups is 1. The van der Waals surface area contributed by atoms with E-state index in [9.17, 15) is 15.0 Å². The summed E-state index contributed by atoms with van der Waals surface area (Å²) in [4.78, 5) is 12.4. The van der Waals surface area contributed by atoms with Gasteiger partial charge in [-0.15, -0.1) is 0 Å². The molecule has 0 radical (unpaired) electrons. The minimum absolute atomic E-state index is 0.000704. The van der Waals surface area contributed by atoms with Gasteiger partial charge in [0.05, 0.1) is 18.2 Å². The Hall–Kier alpha value is -0.610. The number of nitrogens with one attached hydrogen (secondary N) is 1. The van der Waals surface area contributed by atoms with Gasteiger partial charge >= 0.3 is 0 Å². The van der Waals surface area contributed by atoms with Crippen molar-refractivity contribution in [1.82, 2.24) is 5.32 Å². The van der Waals surface area contributed by atoms with Gasteiger partial charge < -0.3 is 15.5 Å². The van der Waals surface area contributed by atoms with Crippen molar-refractivity contribution in [2.75, 3.05) is 0 Å². The van der Waals surface area contributed by atoms with Gasteiger partial charge in [0.15, 0.2) is 0 Å². The summed E-state index contributed by atoms with van der Waals surface area (Å²) in [5, 5.41) is 23.8. The lowest BCUT2D eigenvalue weighted by Gasteiger charge is -2.25. The van der Waals surface area contributed by atoms with Crippen molar-refractivity contribution in [3.05, 3.63) is 0 Å². The van der Waals surface area contributed by atoms with Crippen LogP contribution in [0.1, 0.15) is 240 Å². The summed E-state index contributed by atoms with van der Waals surface area (Å²) in [5.41, 5.74) is 0. The summed E-state index contributed by atoms with van der Waals surface area (Å²) in [6.07, 6.45) is 40.7. The second-order valence-corrected chi connectivity index (χ2v) is 15.4. The molecule has 46 heavy (non-hydrogen) atoms. The number of amides is 1. The highest BCUT2D eigenvalue weighted by molar-refractivity contribution is 5.76. The molecule has 0 heterocycles. The number of aliphatic hydroxyl groups excluding tert-OH is 2. The summed E-state index contributed by atoms with van der Waals surface area (Å²) in [7, 11) is 0. The van der Waals surface area contributed by atoms with Gasteiger partial charge in [-0.3, -0.25) is 4.79 Å². The van der Waals surface area contributed by atoms with Crippen LogP contribution in [0.2, 0.25) is 0 Å². The Balaban J connectivity index is 3.46. The summed E-state index contributed by atoms with van der Waals surface area (Å²) in [5.74, 6) is 0.830. The highest BCUT2D eigenvalue weighted by atomic mass is 16.3. The standard InChI is InChI=1S/C42H85NO3/c1-5-6-7-8-9-10-11-12-13-14-15-16-17-18-19-20-21-25-28-31-34-37-41(45)43-39(4)42(46)40(44)36-33-30-27-24-22-23-26-29-32-35-38(2)3/h38-40,42,44,46H,5-37H2,1-4H3,(H,43,45). The van der Waals surface area contributed by atoms with Crippen LogP contribution in [0.3, 0.4) is 0 Å². The van der Waals surface area contributed by atoms with Gasteiger partial charge in [-0.25, -0.2) is 0 Å². The lowest BCUT2D eigenvalue weighted by Crippen LogP contribution is -2.46. The number of carbonyl (C=O) groups excluding carboxylic acids is 1. The topological polar surface area (TPSA) is 69.6 Å². The number of aliphatic hydroxyl groups is 2. The predicted molar refractivity (Wildman–Crippen MR) is 202 cm³/mol. The number of unbranched alkanes of at least 4 members (excludes halogenated alkanes) is 28. The number of hydrogen-bond donors (Lipinski definition) is 3. The average Bonchev–Trinajstić information content (AvgIpc) is 3.03. The van der Waals surface area contributed by atoms with Crippen LogP contribution in [-0.2, 0) is 4.79 Å². The molecule has 0 rings (SSSR count). The smallest absolute Gasteiger partial charge is 0.220 e. The van der Waals surface area contributed by atoms with E-state index < -0.39 is 18.2 Å². The molecule has 3 unspecified atom stereocenters. The second kappa shape index (κ2) is 35.7. The average molecular weight is 652 g/mol. The monoisotopic (exact) mass is 652 g/mol. The molecule has 276 valence electrons. The fraction of sp³-hybridized carbons (Fsp3) is 0.976. The van der Waals surface area contributed by atoms with E-state index in [4.69, 9.17) is 0 Å². The van der Waals surface area contributed by atoms with Crippen molar-refractivity contribution < 1.29 is 15.0 Å². The van der Waals surface area contributed by atoms with Gasteiger partial charge in [-0.1, -0.05) is 213 Å². The summed E-state index contributed by atoms with van der Waals surface area (Å²) in [6.45, 7) is 8.71. The Kier molecular flexibility index (Phi) is 35.2. The molecule has 3 N–H and O–H groups in total. The van der Waals surface area contributed by atoms with E-state index in [1.54, 1.807) is 0 Å². The van der Waals surface area contributed by atoms with E-state index in [1.807, 2.05) is 6.92 Å². The number of rotatable bonds is 37. The first-order valence-corrected chi connectivity index (χ1v) is 21.0. The number of hydrogen-bond acceptors (Lipinski definition) is 3.